The van der Waals surface area contributed by atoms with Gasteiger partial charge in [0.15, 0.2) is 0 Å². The van der Waals surface area contributed by atoms with Gasteiger partial charge in [-0.1, -0.05) is 18.2 Å². The van der Waals surface area contributed by atoms with E-state index < -0.39 is 10.0 Å². The van der Waals surface area contributed by atoms with Crippen LogP contribution in [-0.2, 0) is 10.0 Å². The topological polar surface area (TPSA) is 63.1 Å². The van der Waals surface area contributed by atoms with E-state index in [2.05, 4.69) is 10.1 Å². The van der Waals surface area contributed by atoms with Crippen molar-refractivity contribution < 1.29 is 8.42 Å². The Morgan fingerprint density at radius 1 is 0.727 bits per heavy atom. The fourth-order valence-corrected chi connectivity index (χ4v) is 3.05. The molecule has 0 unspecified atom stereocenters. The van der Waals surface area contributed by atoms with Crippen molar-refractivity contribution in [3.8, 4) is 0 Å². The van der Waals surface area contributed by atoms with E-state index in [0.717, 1.165) is 5.69 Å². The molecule has 0 aliphatic heterocycles. The molecule has 6 heteroatoms. The summed E-state index contributed by atoms with van der Waals surface area (Å²) in [6.45, 7) is 0. The number of anilines is 2. The van der Waals surface area contributed by atoms with Crippen LogP contribution in [0, 0.1) is 0 Å². The van der Waals surface area contributed by atoms with Crippen LogP contribution in [0.15, 0.2) is 84.0 Å². The highest BCUT2D eigenvalue weighted by Gasteiger charge is 2.13. The van der Waals surface area contributed by atoms with E-state index in [9.17, 15) is 8.42 Å². The van der Waals surface area contributed by atoms with Crippen molar-refractivity contribution in [2.75, 3.05) is 10.1 Å². The van der Waals surface area contributed by atoms with E-state index in [1.165, 1.54) is 0 Å². The number of hydrogen-bond donors (Lipinski definition) is 2. The molecule has 0 aliphatic rings. The molecule has 112 valence electrons. The van der Waals surface area contributed by atoms with E-state index >= 15 is 0 Å². The van der Waals surface area contributed by atoms with Gasteiger partial charge in [0.25, 0.3) is 10.0 Å². The summed E-state index contributed by atoms with van der Waals surface area (Å²) in [4.78, 5) is 0.217. The maximum absolute atomic E-state index is 12.3. The van der Waals surface area contributed by atoms with Crippen molar-refractivity contribution in [1.29, 1.82) is 0 Å². The molecular formula is C16H15N3O2S. The highest BCUT2D eigenvalue weighted by Crippen LogP contribution is 2.18. The van der Waals surface area contributed by atoms with Crippen LogP contribution >= 0.6 is 0 Å². The van der Waals surface area contributed by atoms with Gasteiger partial charge in [-0.3, -0.25) is 14.8 Å². The number of aromatic nitrogens is 1. The minimum Gasteiger partial charge on any atom is -0.295 e. The molecule has 3 aromatic rings. The molecule has 22 heavy (non-hydrogen) atoms. The third-order valence-electron chi connectivity index (χ3n) is 3.05. The Hall–Kier alpha value is -2.73. The van der Waals surface area contributed by atoms with Gasteiger partial charge in [0.05, 0.1) is 10.6 Å². The maximum Gasteiger partial charge on any atom is 0.261 e. The fourth-order valence-electron chi connectivity index (χ4n) is 1.99. The zero-order valence-electron chi connectivity index (χ0n) is 11.7. The fraction of sp³-hybridized carbons (Fsp3) is 0. The molecule has 2 aromatic carbocycles. The molecule has 0 amide bonds. The number of para-hydroxylation sites is 1. The number of nitrogens with zero attached hydrogens (tertiary/aromatic N) is 1. The van der Waals surface area contributed by atoms with Gasteiger partial charge in [0.1, 0.15) is 0 Å². The number of sulfonamides is 1. The summed E-state index contributed by atoms with van der Waals surface area (Å²) in [5.74, 6) is 0. The van der Waals surface area contributed by atoms with Crippen molar-refractivity contribution >= 4 is 21.4 Å². The summed E-state index contributed by atoms with van der Waals surface area (Å²) in [5.41, 5.74) is 4.45. The summed E-state index contributed by atoms with van der Waals surface area (Å²) in [5, 5.41) is 0. The van der Waals surface area contributed by atoms with Gasteiger partial charge >= 0.3 is 0 Å². The van der Waals surface area contributed by atoms with Crippen molar-refractivity contribution in [2.45, 2.75) is 4.90 Å². The lowest BCUT2D eigenvalue weighted by molar-refractivity contribution is 0.601. The normalized spacial score (nSPS) is 11.1. The molecule has 5 nitrogen and oxygen atoms in total. The van der Waals surface area contributed by atoms with Crippen molar-refractivity contribution in [2.24, 2.45) is 0 Å². The van der Waals surface area contributed by atoms with Gasteiger partial charge in [-0.15, -0.1) is 0 Å². The van der Waals surface area contributed by atoms with Gasteiger partial charge in [0, 0.05) is 18.1 Å². The van der Waals surface area contributed by atoms with Gasteiger partial charge < -0.3 is 0 Å². The van der Waals surface area contributed by atoms with Gasteiger partial charge in [0.2, 0.25) is 0 Å². The van der Waals surface area contributed by atoms with Crippen LogP contribution < -0.4 is 10.1 Å². The molecule has 0 aliphatic carbocycles. The Morgan fingerprint density at radius 2 is 1.36 bits per heavy atom. The average molecular weight is 313 g/mol. The first kappa shape index (κ1) is 14.2. The van der Waals surface area contributed by atoms with Crippen molar-refractivity contribution in [1.82, 2.24) is 4.68 Å². The smallest absolute Gasteiger partial charge is 0.261 e. The molecule has 2 N–H and O–H groups in total. The molecule has 1 aromatic heterocycles. The highest BCUT2D eigenvalue weighted by molar-refractivity contribution is 7.92. The molecular weight excluding hydrogens is 298 g/mol. The maximum atomic E-state index is 12.3. The largest absolute Gasteiger partial charge is 0.295 e. The molecule has 0 saturated heterocycles. The Balaban J connectivity index is 1.77. The summed E-state index contributed by atoms with van der Waals surface area (Å²) < 4.78 is 28.9. The first-order valence-corrected chi connectivity index (χ1v) is 8.20. The second-order valence-corrected chi connectivity index (χ2v) is 6.38. The van der Waals surface area contributed by atoms with E-state index in [0.29, 0.717) is 5.69 Å². The Labute approximate surface area is 129 Å². The standard InChI is InChI=1S/C16H15N3O2S/c20-22(21,18-15-6-2-1-3-7-15)16-10-8-14(9-11-16)17-19-12-4-5-13-19/h1-13,17-18H. The van der Waals surface area contributed by atoms with Crippen LogP contribution in [0.1, 0.15) is 0 Å². The van der Waals surface area contributed by atoms with Gasteiger partial charge in [-0.25, -0.2) is 8.42 Å². The van der Waals surface area contributed by atoms with E-state index in [4.69, 9.17) is 0 Å². The van der Waals surface area contributed by atoms with E-state index in [-0.39, 0.29) is 4.90 Å². The van der Waals surface area contributed by atoms with Crippen LogP contribution in [0.25, 0.3) is 0 Å². The molecule has 0 saturated carbocycles. The molecule has 0 radical (unpaired) electrons. The third-order valence-corrected chi connectivity index (χ3v) is 4.45. The predicted molar refractivity (Wildman–Crippen MR) is 87.1 cm³/mol. The molecule has 1 heterocycles. The quantitative estimate of drug-likeness (QED) is 0.760. The van der Waals surface area contributed by atoms with Crippen LogP contribution in [0.3, 0.4) is 0 Å². The lowest BCUT2D eigenvalue weighted by Crippen LogP contribution is -2.13. The van der Waals surface area contributed by atoms with Gasteiger partial charge in [-0.2, -0.15) is 0 Å². The third kappa shape index (κ3) is 3.29. The van der Waals surface area contributed by atoms with Crippen LogP contribution in [0.5, 0.6) is 0 Å². The van der Waals surface area contributed by atoms with E-state index in [1.807, 2.05) is 30.6 Å². The first-order valence-electron chi connectivity index (χ1n) is 6.71. The second kappa shape index (κ2) is 5.95. The molecule has 0 atom stereocenters. The van der Waals surface area contributed by atoms with E-state index in [1.54, 1.807) is 53.2 Å². The monoisotopic (exact) mass is 313 g/mol. The van der Waals surface area contributed by atoms with Crippen molar-refractivity contribution in [3.05, 3.63) is 79.1 Å². The lowest BCUT2D eigenvalue weighted by atomic mass is 10.3. The van der Waals surface area contributed by atoms with Crippen LogP contribution in [-0.4, -0.2) is 13.1 Å². The zero-order chi connectivity index (χ0) is 15.4. The van der Waals surface area contributed by atoms with Crippen molar-refractivity contribution in [3.63, 3.8) is 0 Å². The molecule has 0 fully saturated rings. The van der Waals surface area contributed by atoms with Crippen LogP contribution in [0.2, 0.25) is 0 Å². The number of hydrogen-bond acceptors (Lipinski definition) is 3. The lowest BCUT2D eigenvalue weighted by Gasteiger charge is -2.10. The molecule has 3 rings (SSSR count). The molecule has 0 bridgehead atoms. The highest BCUT2D eigenvalue weighted by atomic mass is 32.2. The minimum absolute atomic E-state index is 0.217. The second-order valence-electron chi connectivity index (χ2n) is 4.70. The Bertz CT molecular complexity index is 827. The van der Waals surface area contributed by atoms with Crippen LogP contribution in [0.4, 0.5) is 11.4 Å². The molecule has 0 spiro atoms. The average Bonchev–Trinajstić information content (AvgIpc) is 3.01. The first-order chi connectivity index (χ1) is 10.6. The SMILES string of the molecule is O=S(=O)(Nc1ccccc1)c1ccc(Nn2cccc2)cc1. The minimum atomic E-state index is -3.58. The zero-order valence-corrected chi connectivity index (χ0v) is 12.5. The summed E-state index contributed by atoms with van der Waals surface area (Å²) in [6.07, 6.45) is 3.73. The summed E-state index contributed by atoms with van der Waals surface area (Å²) in [6, 6.07) is 19.2. The predicted octanol–water partition coefficient (Wildman–Crippen LogP) is 3.16. The summed E-state index contributed by atoms with van der Waals surface area (Å²) >= 11 is 0. The number of rotatable bonds is 5. The number of benzene rings is 2. The van der Waals surface area contributed by atoms with Gasteiger partial charge in [-0.05, 0) is 48.5 Å². The Kier molecular flexibility index (Phi) is 3.84. The summed E-state index contributed by atoms with van der Waals surface area (Å²) in [7, 11) is -3.58. The Morgan fingerprint density at radius 3 is 2.00 bits per heavy atom. The number of nitrogens with one attached hydrogen (secondary N) is 2.